The zero-order chi connectivity index (χ0) is 15.2. The summed E-state index contributed by atoms with van der Waals surface area (Å²) in [6.45, 7) is 1.47. The van der Waals surface area contributed by atoms with Crippen LogP contribution in [-0.2, 0) is 16.1 Å². The number of esters is 1. The first-order valence-electron chi connectivity index (χ1n) is 6.32. The summed E-state index contributed by atoms with van der Waals surface area (Å²) in [5.74, 6) is -0.735. The van der Waals surface area contributed by atoms with E-state index in [0.29, 0.717) is 11.3 Å². The van der Waals surface area contributed by atoms with Gasteiger partial charge in [-0.2, -0.15) is 0 Å². The number of para-hydroxylation sites is 1. The molecule has 0 aliphatic heterocycles. The molecule has 0 saturated heterocycles. The predicted octanol–water partition coefficient (Wildman–Crippen LogP) is 1.77. The number of benzene rings is 1. The van der Waals surface area contributed by atoms with E-state index >= 15 is 0 Å². The molecule has 1 amide bonds. The molecule has 0 bridgehead atoms. The summed E-state index contributed by atoms with van der Waals surface area (Å²) in [6.07, 6.45) is 1.50. The van der Waals surface area contributed by atoms with Gasteiger partial charge in [-0.15, -0.1) is 0 Å². The minimum Gasteiger partial charge on any atom is -0.507 e. The van der Waals surface area contributed by atoms with E-state index in [2.05, 4.69) is 5.32 Å². The molecule has 1 aromatic heterocycles. The third kappa shape index (κ3) is 3.85. The lowest BCUT2D eigenvalue weighted by Crippen LogP contribution is -2.28. The lowest BCUT2D eigenvalue weighted by Gasteiger charge is -2.08. The minimum absolute atomic E-state index is 0.0360. The zero-order valence-electron chi connectivity index (χ0n) is 11.5. The van der Waals surface area contributed by atoms with Crippen LogP contribution in [0.15, 0.2) is 41.0 Å². The van der Waals surface area contributed by atoms with Crippen LogP contribution >= 0.6 is 0 Å². The van der Waals surface area contributed by atoms with Crippen LogP contribution in [0.1, 0.15) is 21.7 Å². The lowest BCUT2D eigenvalue weighted by molar-refractivity contribution is -0.124. The van der Waals surface area contributed by atoms with Crippen LogP contribution in [0.25, 0.3) is 0 Å². The van der Waals surface area contributed by atoms with Crippen LogP contribution in [0.4, 0.5) is 0 Å². The molecule has 1 heterocycles. The van der Waals surface area contributed by atoms with E-state index in [4.69, 9.17) is 9.15 Å². The van der Waals surface area contributed by atoms with Crippen LogP contribution in [0.2, 0.25) is 0 Å². The number of aryl methyl sites for hydroxylation is 1. The number of rotatable bonds is 5. The monoisotopic (exact) mass is 289 g/mol. The number of phenolic OH excluding ortho intramolecular Hbond substituents is 1. The predicted molar refractivity (Wildman–Crippen MR) is 73.7 cm³/mol. The summed E-state index contributed by atoms with van der Waals surface area (Å²) in [5, 5.41) is 12.3. The van der Waals surface area contributed by atoms with Gasteiger partial charge in [0.1, 0.15) is 17.1 Å². The van der Waals surface area contributed by atoms with E-state index in [9.17, 15) is 14.7 Å². The fourth-order valence-electron chi connectivity index (χ4n) is 1.68. The van der Waals surface area contributed by atoms with E-state index in [-0.39, 0.29) is 17.9 Å². The molecule has 0 aliphatic carbocycles. The number of ether oxygens (including phenoxy) is 1. The van der Waals surface area contributed by atoms with Crippen molar-refractivity contribution in [2.45, 2.75) is 13.5 Å². The van der Waals surface area contributed by atoms with Crippen molar-refractivity contribution in [3.05, 3.63) is 53.5 Å². The molecule has 2 N–H and O–H groups in total. The van der Waals surface area contributed by atoms with Crippen molar-refractivity contribution in [3.8, 4) is 5.75 Å². The average Bonchev–Trinajstić information content (AvgIpc) is 2.99. The van der Waals surface area contributed by atoms with E-state index in [1.807, 2.05) is 0 Å². The van der Waals surface area contributed by atoms with Crippen LogP contribution < -0.4 is 5.32 Å². The molecule has 2 aromatic rings. The molecular formula is C15H15NO5. The summed E-state index contributed by atoms with van der Waals surface area (Å²) < 4.78 is 9.91. The molecule has 0 unspecified atom stereocenters. The highest BCUT2D eigenvalue weighted by Crippen LogP contribution is 2.21. The van der Waals surface area contributed by atoms with E-state index in [0.717, 1.165) is 0 Å². The Hall–Kier alpha value is -2.76. The number of amides is 1. The number of phenols is 1. The van der Waals surface area contributed by atoms with Crippen molar-refractivity contribution >= 4 is 11.9 Å². The van der Waals surface area contributed by atoms with E-state index in [1.54, 1.807) is 31.2 Å². The van der Waals surface area contributed by atoms with Crippen molar-refractivity contribution in [3.63, 3.8) is 0 Å². The van der Waals surface area contributed by atoms with Gasteiger partial charge < -0.3 is 19.6 Å². The van der Waals surface area contributed by atoms with Crippen molar-refractivity contribution in [2.75, 3.05) is 6.61 Å². The maximum Gasteiger partial charge on any atom is 0.342 e. The maximum absolute atomic E-state index is 11.8. The summed E-state index contributed by atoms with van der Waals surface area (Å²) >= 11 is 0. The summed E-state index contributed by atoms with van der Waals surface area (Å²) in [5.41, 5.74) is 0.598. The molecule has 2 rings (SSSR count). The van der Waals surface area contributed by atoms with Crippen LogP contribution in [0.5, 0.6) is 5.75 Å². The highest BCUT2D eigenvalue weighted by molar-refractivity contribution is 5.94. The van der Waals surface area contributed by atoms with Gasteiger partial charge in [-0.25, -0.2) is 4.79 Å². The standard InChI is InChI=1S/C15H15NO5/c1-10-4-2-6-12(14(10)18)15(19)21-9-13(17)16-8-11-5-3-7-20-11/h2-7,18H,8-9H2,1H3,(H,16,17). The van der Waals surface area contributed by atoms with Gasteiger partial charge in [-0.1, -0.05) is 12.1 Å². The number of carbonyl (C=O) groups is 2. The Labute approximate surface area is 121 Å². The number of hydrogen-bond donors (Lipinski definition) is 2. The lowest BCUT2D eigenvalue weighted by atomic mass is 10.1. The van der Waals surface area contributed by atoms with Crippen LogP contribution in [-0.4, -0.2) is 23.6 Å². The highest BCUT2D eigenvalue weighted by atomic mass is 16.5. The molecule has 21 heavy (non-hydrogen) atoms. The Morgan fingerprint density at radius 2 is 2.10 bits per heavy atom. The third-order valence-corrected chi connectivity index (χ3v) is 2.83. The Kier molecular flexibility index (Phi) is 4.61. The van der Waals surface area contributed by atoms with Crippen LogP contribution in [0, 0.1) is 6.92 Å². The Morgan fingerprint density at radius 3 is 2.81 bits per heavy atom. The van der Waals surface area contributed by atoms with Gasteiger partial charge in [0, 0.05) is 0 Å². The van der Waals surface area contributed by atoms with E-state index < -0.39 is 18.5 Å². The summed E-state index contributed by atoms with van der Waals surface area (Å²) in [6, 6.07) is 8.16. The van der Waals surface area contributed by atoms with Crippen molar-refractivity contribution in [1.29, 1.82) is 0 Å². The highest BCUT2D eigenvalue weighted by Gasteiger charge is 2.15. The molecule has 0 saturated carbocycles. The van der Waals surface area contributed by atoms with Gasteiger partial charge in [0.15, 0.2) is 6.61 Å². The number of aromatic hydroxyl groups is 1. The number of furan rings is 1. The molecule has 1 aromatic carbocycles. The molecule has 0 fully saturated rings. The quantitative estimate of drug-likeness (QED) is 0.819. The smallest absolute Gasteiger partial charge is 0.342 e. The fraction of sp³-hybridized carbons (Fsp3) is 0.200. The number of nitrogens with one attached hydrogen (secondary N) is 1. The number of carbonyl (C=O) groups excluding carboxylic acids is 2. The normalized spacial score (nSPS) is 10.1. The second-order valence-electron chi connectivity index (χ2n) is 4.40. The SMILES string of the molecule is Cc1cccc(C(=O)OCC(=O)NCc2ccco2)c1O. The first-order valence-corrected chi connectivity index (χ1v) is 6.32. The maximum atomic E-state index is 11.8. The van der Waals surface area contributed by atoms with Gasteiger partial charge in [-0.05, 0) is 30.7 Å². The second kappa shape index (κ2) is 6.60. The molecule has 6 heteroatoms. The first kappa shape index (κ1) is 14.6. The largest absolute Gasteiger partial charge is 0.507 e. The van der Waals surface area contributed by atoms with Gasteiger partial charge in [-0.3, -0.25) is 4.79 Å². The summed E-state index contributed by atoms with van der Waals surface area (Å²) in [7, 11) is 0. The van der Waals surface area contributed by atoms with Crippen molar-refractivity contribution in [1.82, 2.24) is 5.32 Å². The molecule has 0 spiro atoms. The van der Waals surface area contributed by atoms with Crippen molar-refractivity contribution < 1.29 is 23.8 Å². The van der Waals surface area contributed by atoms with E-state index in [1.165, 1.54) is 12.3 Å². The molecule has 0 atom stereocenters. The third-order valence-electron chi connectivity index (χ3n) is 2.83. The number of hydrogen-bond acceptors (Lipinski definition) is 5. The zero-order valence-corrected chi connectivity index (χ0v) is 11.5. The molecule has 6 nitrogen and oxygen atoms in total. The molecule has 0 radical (unpaired) electrons. The summed E-state index contributed by atoms with van der Waals surface area (Å²) in [4.78, 5) is 23.3. The van der Waals surface area contributed by atoms with Gasteiger partial charge in [0.25, 0.3) is 5.91 Å². The fourth-order valence-corrected chi connectivity index (χ4v) is 1.68. The molecule has 0 aliphatic rings. The Balaban J connectivity index is 1.83. The molecule has 110 valence electrons. The first-order chi connectivity index (χ1) is 10.1. The van der Waals surface area contributed by atoms with Gasteiger partial charge in [0.05, 0.1) is 12.8 Å². The Bertz CT molecular complexity index is 634. The van der Waals surface area contributed by atoms with Gasteiger partial charge in [0.2, 0.25) is 0 Å². The average molecular weight is 289 g/mol. The second-order valence-corrected chi connectivity index (χ2v) is 4.40. The minimum atomic E-state index is -0.746. The van der Waals surface area contributed by atoms with Crippen molar-refractivity contribution in [2.24, 2.45) is 0 Å². The topological polar surface area (TPSA) is 88.8 Å². The van der Waals surface area contributed by atoms with Crippen LogP contribution in [0.3, 0.4) is 0 Å². The molecular weight excluding hydrogens is 274 g/mol. The van der Waals surface area contributed by atoms with Gasteiger partial charge >= 0.3 is 5.97 Å². The Morgan fingerprint density at radius 1 is 1.29 bits per heavy atom.